The smallest absolute Gasteiger partial charge is 0.433 e. The molecule has 0 radical (unpaired) electrons. The number of terminal acetylenes is 1. The molecular formula is C27H22F4N6O2. The number of halogens is 4. The average Bonchev–Trinajstić information content (AvgIpc) is 3.58. The van der Waals surface area contributed by atoms with Crippen molar-refractivity contribution in [3.63, 3.8) is 0 Å². The molecule has 0 saturated heterocycles. The van der Waals surface area contributed by atoms with Gasteiger partial charge in [0.15, 0.2) is 5.69 Å². The van der Waals surface area contributed by atoms with Crippen LogP contribution in [0.5, 0.6) is 5.75 Å². The van der Waals surface area contributed by atoms with Gasteiger partial charge in [0, 0.05) is 47.6 Å². The third-order valence-electron chi connectivity index (χ3n) is 6.45. The molecule has 0 fully saturated rings. The van der Waals surface area contributed by atoms with Crippen LogP contribution in [0.1, 0.15) is 39.8 Å². The standard InChI is InChI=1S/C27H22F4N6O2/c1-3-8-32-25(38)23-24-19(17-11-33-22(27(29,30)31)10-15(17)4-2)13-35-26(37(24)14-36-23)34-12-18-16-7-9-39-21(16)6-5-20(18)28/h1,5-6,10-11,13-14H,4,7-9,12H2,2H3,(H,32,38)(H,34,35). The molecule has 0 atom stereocenters. The van der Waals surface area contributed by atoms with Crippen molar-refractivity contribution in [2.24, 2.45) is 0 Å². The first-order valence-corrected chi connectivity index (χ1v) is 12.0. The van der Waals surface area contributed by atoms with Crippen molar-refractivity contribution in [2.45, 2.75) is 32.5 Å². The van der Waals surface area contributed by atoms with Crippen molar-refractivity contribution in [1.29, 1.82) is 0 Å². The summed E-state index contributed by atoms with van der Waals surface area (Å²) in [4.78, 5) is 25.2. The van der Waals surface area contributed by atoms with Crippen LogP contribution in [0.25, 0.3) is 16.6 Å². The van der Waals surface area contributed by atoms with Gasteiger partial charge in [0.2, 0.25) is 5.95 Å². The van der Waals surface area contributed by atoms with Crippen LogP contribution in [0.2, 0.25) is 0 Å². The largest absolute Gasteiger partial charge is 0.493 e. The molecule has 0 bridgehead atoms. The van der Waals surface area contributed by atoms with Crippen LogP contribution >= 0.6 is 0 Å². The summed E-state index contributed by atoms with van der Waals surface area (Å²) in [5, 5.41) is 5.65. The van der Waals surface area contributed by atoms with Crippen LogP contribution in [0.3, 0.4) is 0 Å². The van der Waals surface area contributed by atoms with Gasteiger partial charge in [-0.2, -0.15) is 13.2 Å². The number of pyridine rings is 1. The van der Waals surface area contributed by atoms with Crippen LogP contribution in [-0.4, -0.2) is 38.4 Å². The van der Waals surface area contributed by atoms with E-state index in [1.165, 1.54) is 23.0 Å². The van der Waals surface area contributed by atoms with Gasteiger partial charge in [-0.15, -0.1) is 6.42 Å². The van der Waals surface area contributed by atoms with Crippen LogP contribution in [0.15, 0.2) is 36.9 Å². The second-order valence-corrected chi connectivity index (χ2v) is 8.73. The molecular weight excluding hydrogens is 516 g/mol. The Morgan fingerprint density at radius 1 is 1.21 bits per heavy atom. The normalized spacial score (nSPS) is 12.6. The SMILES string of the molecule is C#CCNC(=O)c1ncn2c(NCc3c(F)ccc4c3CCO4)ncc(-c3cnc(C(F)(F)F)cc3CC)c12. The van der Waals surface area contributed by atoms with Crippen molar-refractivity contribution in [3.8, 4) is 29.2 Å². The number of fused-ring (bicyclic) bond motifs is 2. The van der Waals surface area contributed by atoms with Crippen LogP contribution in [-0.2, 0) is 25.6 Å². The molecule has 4 heterocycles. The molecule has 1 amide bonds. The van der Waals surface area contributed by atoms with Gasteiger partial charge >= 0.3 is 6.18 Å². The fourth-order valence-electron chi connectivity index (χ4n) is 4.59. The number of aromatic nitrogens is 4. The van der Waals surface area contributed by atoms with Gasteiger partial charge in [-0.05, 0) is 30.2 Å². The van der Waals surface area contributed by atoms with Gasteiger partial charge in [0.05, 0.1) is 18.7 Å². The van der Waals surface area contributed by atoms with E-state index < -0.39 is 23.6 Å². The van der Waals surface area contributed by atoms with Crippen molar-refractivity contribution < 1.29 is 27.1 Å². The van der Waals surface area contributed by atoms with E-state index in [4.69, 9.17) is 11.2 Å². The van der Waals surface area contributed by atoms with E-state index in [1.807, 2.05) is 0 Å². The molecule has 5 rings (SSSR count). The molecule has 4 aromatic rings. The lowest BCUT2D eigenvalue weighted by Crippen LogP contribution is -2.24. The minimum absolute atomic E-state index is 0.00663. The van der Waals surface area contributed by atoms with Gasteiger partial charge in [-0.25, -0.2) is 14.4 Å². The van der Waals surface area contributed by atoms with Crippen molar-refractivity contribution in [1.82, 2.24) is 24.7 Å². The third-order valence-corrected chi connectivity index (χ3v) is 6.45. The molecule has 0 aliphatic carbocycles. The van der Waals surface area contributed by atoms with Crippen molar-refractivity contribution in [2.75, 3.05) is 18.5 Å². The fraction of sp³-hybridized carbons (Fsp3) is 0.259. The number of aryl methyl sites for hydroxylation is 1. The molecule has 1 aromatic carbocycles. The molecule has 2 N–H and O–H groups in total. The first-order valence-electron chi connectivity index (χ1n) is 12.0. The molecule has 12 heteroatoms. The molecule has 0 spiro atoms. The van der Waals surface area contributed by atoms with Crippen molar-refractivity contribution in [3.05, 3.63) is 70.8 Å². The Bertz CT molecular complexity index is 1620. The van der Waals surface area contributed by atoms with E-state index in [2.05, 4.69) is 31.5 Å². The number of amides is 1. The number of anilines is 1. The molecule has 3 aromatic heterocycles. The lowest BCUT2D eigenvalue weighted by molar-refractivity contribution is -0.141. The summed E-state index contributed by atoms with van der Waals surface area (Å²) in [5.74, 6) is 2.21. The number of nitrogens with zero attached hydrogens (tertiary/aromatic N) is 4. The average molecular weight is 539 g/mol. The Labute approximate surface area is 220 Å². The van der Waals surface area contributed by atoms with Crippen LogP contribution in [0.4, 0.5) is 23.5 Å². The Kier molecular flexibility index (Phi) is 6.82. The van der Waals surface area contributed by atoms with Gasteiger partial charge in [0.25, 0.3) is 5.91 Å². The summed E-state index contributed by atoms with van der Waals surface area (Å²) in [6.07, 6.45) is 5.39. The molecule has 1 aliphatic heterocycles. The fourth-order valence-corrected chi connectivity index (χ4v) is 4.59. The summed E-state index contributed by atoms with van der Waals surface area (Å²) in [6.45, 7) is 2.19. The number of rotatable bonds is 7. The zero-order valence-electron chi connectivity index (χ0n) is 20.7. The summed E-state index contributed by atoms with van der Waals surface area (Å²) in [6, 6.07) is 3.91. The van der Waals surface area contributed by atoms with Crippen molar-refractivity contribution >= 4 is 17.4 Å². The predicted octanol–water partition coefficient (Wildman–Crippen LogP) is 4.42. The monoisotopic (exact) mass is 538 g/mol. The summed E-state index contributed by atoms with van der Waals surface area (Å²) < 4.78 is 61.7. The van der Waals surface area contributed by atoms with E-state index in [9.17, 15) is 22.4 Å². The van der Waals surface area contributed by atoms with Gasteiger partial charge in [0.1, 0.15) is 23.6 Å². The number of alkyl halides is 3. The number of carbonyl (C=O) groups is 1. The highest BCUT2D eigenvalue weighted by molar-refractivity contribution is 6.03. The van der Waals surface area contributed by atoms with Crippen LogP contribution in [0, 0.1) is 18.2 Å². The lowest BCUT2D eigenvalue weighted by Gasteiger charge is -2.16. The second kappa shape index (κ2) is 10.2. The maximum atomic E-state index is 14.7. The van der Waals surface area contributed by atoms with E-state index in [0.29, 0.717) is 41.0 Å². The molecule has 1 aliphatic rings. The Morgan fingerprint density at radius 2 is 2.00 bits per heavy atom. The molecule has 39 heavy (non-hydrogen) atoms. The van der Waals surface area contributed by atoms with E-state index in [-0.39, 0.29) is 36.7 Å². The number of carbonyl (C=O) groups excluding carboxylic acids is 1. The summed E-state index contributed by atoms with van der Waals surface area (Å²) in [5.41, 5.74) is 1.52. The van der Waals surface area contributed by atoms with Gasteiger partial charge in [-0.1, -0.05) is 12.8 Å². The lowest BCUT2D eigenvalue weighted by atomic mass is 9.99. The zero-order valence-corrected chi connectivity index (χ0v) is 20.7. The summed E-state index contributed by atoms with van der Waals surface area (Å²) >= 11 is 0. The Morgan fingerprint density at radius 3 is 2.74 bits per heavy atom. The minimum Gasteiger partial charge on any atom is -0.493 e. The van der Waals surface area contributed by atoms with Gasteiger partial charge < -0.3 is 15.4 Å². The first kappa shape index (κ1) is 26.0. The predicted molar refractivity (Wildman–Crippen MR) is 135 cm³/mol. The number of ether oxygens (including phenoxy) is 1. The Hall–Kier alpha value is -4.66. The third kappa shape index (κ3) is 4.83. The Balaban J connectivity index is 1.61. The highest BCUT2D eigenvalue weighted by Gasteiger charge is 2.33. The van der Waals surface area contributed by atoms with E-state index in [0.717, 1.165) is 17.8 Å². The topological polar surface area (TPSA) is 93.4 Å². The molecule has 0 unspecified atom stereocenters. The van der Waals surface area contributed by atoms with E-state index in [1.54, 1.807) is 13.0 Å². The first-order chi connectivity index (χ1) is 18.7. The number of benzene rings is 1. The minimum atomic E-state index is -4.61. The maximum Gasteiger partial charge on any atom is 0.433 e. The second-order valence-electron chi connectivity index (χ2n) is 8.73. The highest BCUT2D eigenvalue weighted by Crippen LogP contribution is 2.35. The number of nitrogens with one attached hydrogen (secondary N) is 2. The summed E-state index contributed by atoms with van der Waals surface area (Å²) in [7, 11) is 0. The molecule has 0 saturated carbocycles. The molecule has 200 valence electrons. The van der Waals surface area contributed by atoms with Gasteiger partial charge in [-0.3, -0.25) is 14.2 Å². The van der Waals surface area contributed by atoms with E-state index >= 15 is 0 Å². The number of hydrogen-bond donors (Lipinski definition) is 2. The number of imidazole rings is 1. The highest BCUT2D eigenvalue weighted by atomic mass is 19.4. The van der Waals surface area contributed by atoms with Crippen LogP contribution < -0.4 is 15.4 Å². The number of hydrogen-bond acceptors (Lipinski definition) is 6. The molecule has 8 nitrogen and oxygen atoms in total. The quantitative estimate of drug-likeness (QED) is 0.267. The maximum absolute atomic E-state index is 14.7. The zero-order chi connectivity index (χ0) is 27.7.